The summed E-state index contributed by atoms with van der Waals surface area (Å²) in [4.78, 5) is 2.37. The Hall–Kier alpha value is -7.68. The maximum absolute atomic E-state index is 6.67. The van der Waals surface area contributed by atoms with Gasteiger partial charge in [-0.25, -0.2) is 0 Å². The monoisotopic (exact) mass is 739 g/mol. The predicted octanol–water partition coefficient (Wildman–Crippen LogP) is 16.0. The molecule has 0 saturated heterocycles. The Balaban J connectivity index is 1.02. The quantitative estimate of drug-likeness (QED) is 0.162. The summed E-state index contributed by atoms with van der Waals surface area (Å²) >= 11 is 0. The number of fused-ring (bicyclic) bond motifs is 6. The van der Waals surface area contributed by atoms with E-state index in [1.165, 1.54) is 60.7 Å². The highest BCUT2D eigenvalue weighted by Crippen LogP contribution is 2.45. The molecule has 0 aliphatic heterocycles. The molecule has 0 radical (unpaired) electrons. The van der Waals surface area contributed by atoms with E-state index in [-0.39, 0.29) is 0 Å². The highest BCUT2D eigenvalue weighted by molar-refractivity contribution is 6.19. The van der Waals surface area contributed by atoms with E-state index in [0.29, 0.717) is 0 Å². The number of benzene rings is 10. The minimum Gasteiger partial charge on any atom is -0.455 e. The van der Waals surface area contributed by atoms with Crippen LogP contribution in [-0.4, -0.2) is 0 Å². The summed E-state index contributed by atoms with van der Waals surface area (Å²) in [7, 11) is 0. The lowest BCUT2D eigenvalue weighted by molar-refractivity contribution is 0.672. The zero-order valence-electron chi connectivity index (χ0n) is 31.7. The van der Waals surface area contributed by atoms with Crippen LogP contribution in [0.25, 0.3) is 88.0 Å². The molecule has 0 bridgehead atoms. The molecule has 0 saturated carbocycles. The second kappa shape index (κ2) is 14.1. The fourth-order valence-electron chi connectivity index (χ4n) is 8.51. The third-order valence-electron chi connectivity index (χ3n) is 11.4. The van der Waals surface area contributed by atoms with Gasteiger partial charge in [-0.2, -0.15) is 0 Å². The van der Waals surface area contributed by atoms with Crippen LogP contribution in [0, 0.1) is 0 Å². The van der Waals surface area contributed by atoms with Gasteiger partial charge in [-0.05, 0) is 121 Å². The third-order valence-corrected chi connectivity index (χ3v) is 11.4. The van der Waals surface area contributed by atoms with Crippen LogP contribution in [0.15, 0.2) is 229 Å². The summed E-state index contributed by atoms with van der Waals surface area (Å²) in [5, 5.41) is 6.98. The highest BCUT2D eigenvalue weighted by atomic mass is 16.3. The highest BCUT2D eigenvalue weighted by Gasteiger charge is 2.21. The number of hydrogen-bond donors (Lipinski definition) is 0. The molecule has 0 spiro atoms. The fourth-order valence-corrected chi connectivity index (χ4v) is 8.51. The number of anilines is 3. The van der Waals surface area contributed by atoms with Gasteiger partial charge >= 0.3 is 0 Å². The number of furan rings is 1. The maximum Gasteiger partial charge on any atom is 0.143 e. The molecule has 58 heavy (non-hydrogen) atoms. The average molecular weight is 740 g/mol. The van der Waals surface area contributed by atoms with E-state index in [1.807, 2.05) is 0 Å². The molecular formula is C56H37NO. The van der Waals surface area contributed by atoms with E-state index in [9.17, 15) is 0 Å². The van der Waals surface area contributed by atoms with Crippen molar-refractivity contribution in [1.82, 2.24) is 0 Å². The van der Waals surface area contributed by atoms with Gasteiger partial charge in [-0.3, -0.25) is 0 Å². The second-order valence-electron chi connectivity index (χ2n) is 14.9. The van der Waals surface area contributed by atoms with E-state index in [4.69, 9.17) is 4.42 Å². The largest absolute Gasteiger partial charge is 0.455 e. The van der Waals surface area contributed by atoms with Gasteiger partial charge in [0.15, 0.2) is 0 Å². The van der Waals surface area contributed by atoms with Crippen LogP contribution in [-0.2, 0) is 0 Å². The smallest absolute Gasteiger partial charge is 0.143 e. The minimum atomic E-state index is 0.866. The zero-order valence-corrected chi connectivity index (χ0v) is 31.7. The third kappa shape index (κ3) is 6.00. The Bertz CT molecular complexity index is 3270. The van der Waals surface area contributed by atoms with Crippen LogP contribution in [0.4, 0.5) is 17.1 Å². The van der Waals surface area contributed by atoms with Crippen molar-refractivity contribution in [3.05, 3.63) is 224 Å². The summed E-state index contributed by atoms with van der Waals surface area (Å²) in [6.45, 7) is 0. The first-order chi connectivity index (χ1) is 28.7. The molecule has 272 valence electrons. The summed E-state index contributed by atoms with van der Waals surface area (Å²) in [6.07, 6.45) is 0. The molecule has 0 aliphatic carbocycles. The SMILES string of the molecule is c1ccc(-c2cccc(-c3ccc(N(c4ccc(-c5cccc(-c6ccc7ccccc7c6)c5)cc4)c4cccc5oc6c7ccccc7ccc6c45)cc3)c2)cc1. The first kappa shape index (κ1) is 33.6. The van der Waals surface area contributed by atoms with Gasteiger partial charge in [-0.1, -0.05) is 164 Å². The van der Waals surface area contributed by atoms with Gasteiger partial charge in [0.05, 0.1) is 11.1 Å². The van der Waals surface area contributed by atoms with Crippen molar-refractivity contribution in [2.24, 2.45) is 0 Å². The average Bonchev–Trinajstić information content (AvgIpc) is 3.70. The van der Waals surface area contributed by atoms with Crippen molar-refractivity contribution in [1.29, 1.82) is 0 Å². The van der Waals surface area contributed by atoms with Crippen LogP contribution in [0.5, 0.6) is 0 Å². The molecule has 0 fully saturated rings. The van der Waals surface area contributed by atoms with Crippen molar-refractivity contribution >= 4 is 60.5 Å². The van der Waals surface area contributed by atoms with Gasteiger partial charge in [0.1, 0.15) is 11.2 Å². The molecule has 0 aliphatic rings. The van der Waals surface area contributed by atoms with Crippen LogP contribution in [0.2, 0.25) is 0 Å². The first-order valence-corrected chi connectivity index (χ1v) is 19.8. The Kier molecular flexibility index (Phi) is 8.19. The van der Waals surface area contributed by atoms with E-state index >= 15 is 0 Å². The van der Waals surface area contributed by atoms with Gasteiger partial charge < -0.3 is 9.32 Å². The van der Waals surface area contributed by atoms with Crippen molar-refractivity contribution < 1.29 is 4.42 Å². The number of hydrogen-bond acceptors (Lipinski definition) is 2. The Morgan fingerprint density at radius 3 is 1.45 bits per heavy atom. The van der Waals surface area contributed by atoms with Gasteiger partial charge in [0.25, 0.3) is 0 Å². The molecule has 2 nitrogen and oxygen atoms in total. The second-order valence-corrected chi connectivity index (χ2v) is 14.9. The standard InChI is InChI=1S/C56H37NO/c1-2-11-38(12-3-1)44-16-8-17-45(35-44)40-25-30-49(31-26-40)57(53-21-10-22-54-55(53)52-34-29-42-14-6-7-20-51(42)56(52)58-54)50-32-27-41(28-33-50)46-18-9-19-47(36-46)48-24-23-39-13-4-5-15-43(39)37-48/h1-37H. The van der Waals surface area contributed by atoms with Crippen LogP contribution in [0.1, 0.15) is 0 Å². The molecule has 11 aromatic rings. The zero-order chi connectivity index (χ0) is 38.4. The summed E-state index contributed by atoms with van der Waals surface area (Å²) in [6, 6.07) is 80.6. The topological polar surface area (TPSA) is 16.4 Å². The molecule has 10 aromatic carbocycles. The molecule has 0 N–H and O–H groups in total. The van der Waals surface area contributed by atoms with E-state index < -0.39 is 0 Å². The molecular weight excluding hydrogens is 703 g/mol. The van der Waals surface area contributed by atoms with Gasteiger partial charge in [-0.15, -0.1) is 0 Å². The lowest BCUT2D eigenvalue weighted by Gasteiger charge is -2.26. The van der Waals surface area contributed by atoms with Crippen LogP contribution < -0.4 is 4.90 Å². The normalized spacial score (nSPS) is 11.4. The number of rotatable bonds is 7. The first-order valence-electron chi connectivity index (χ1n) is 19.8. The summed E-state index contributed by atoms with van der Waals surface area (Å²) in [5.41, 5.74) is 14.5. The van der Waals surface area contributed by atoms with Crippen LogP contribution in [0.3, 0.4) is 0 Å². The Morgan fingerprint density at radius 1 is 0.293 bits per heavy atom. The van der Waals surface area contributed by atoms with E-state index in [0.717, 1.165) is 44.4 Å². The van der Waals surface area contributed by atoms with Crippen molar-refractivity contribution in [2.45, 2.75) is 0 Å². The van der Waals surface area contributed by atoms with E-state index in [2.05, 4.69) is 229 Å². The molecule has 2 heteroatoms. The molecule has 1 aromatic heterocycles. The molecule has 0 amide bonds. The lowest BCUT2D eigenvalue weighted by atomic mass is 9.97. The molecule has 11 rings (SSSR count). The van der Waals surface area contributed by atoms with Crippen molar-refractivity contribution in [3.63, 3.8) is 0 Å². The summed E-state index contributed by atoms with van der Waals surface area (Å²) < 4.78 is 6.67. The predicted molar refractivity (Wildman–Crippen MR) is 245 cm³/mol. The maximum atomic E-state index is 6.67. The van der Waals surface area contributed by atoms with E-state index in [1.54, 1.807) is 0 Å². The Morgan fingerprint density at radius 2 is 0.776 bits per heavy atom. The Labute approximate surface area is 337 Å². The van der Waals surface area contributed by atoms with Gasteiger partial charge in [0, 0.05) is 22.1 Å². The minimum absolute atomic E-state index is 0.866. The van der Waals surface area contributed by atoms with Crippen molar-refractivity contribution in [3.8, 4) is 44.5 Å². The lowest BCUT2D eigenvalue weighted by Crippen LogP contribution is -2.10. The number of nitrogens with zero attached hydrogens (tertiary/aromatic N) is 1. The molecule has 0 atom stereocenters. The molecule has 0 unspecified atom stereocenters. The van der Waals surface area contributed by atoms with Crippen molar-refractivity contribution in [2.75, 3.05) is 4.90 Å². The summed E-state index contributed by atoms with van der Waals surface area (Å²) in [5.74, 6) is 0. The fraction of sp³-hybridized carbons (Fsp3) is 0. The van der Waals surface area contributed by atoms with Gasteiger partial charge in [0.2, 0.25) is 0 Å². The molecule has 1 heterocycles. The van der Waals surface area contributed by atoms with Crippen LogP contribution >= 0.6 is 0 Å².